The Kier molecular flexibility index (Phi) is 4.46. The van der Waals surface area contributed by atoms with E-state index in [0.29, 0.717) is 31.9 Å². The van der Waals surface area contributed by atoms with E-state index < -0.39 is 0 Å². The van der Waals surface area contributed by atoms with Gasteiger partial charge in [-0.05, 0) is 19.9 Å². The number of hydrogen-bond acceptors (Lipinski definition) is 5. The lowest BCUT2D eigenvalue weighted by Crippen LogP contribution is -2.54. The van der Waals surface area contributed by atoms with Gasteiger partial charge in [0.25, 0.3) is 5.91 Å². The molecular formula is C13H22N6O2. The molecule has 1 atom stereocenters. The molecule has 0 aromatic carbocycles. The molecule has 8 heteroatoms. The molecule has 2 heterocycles. The van der Waals surface area contributed by atoms with Crippen LogP contribution in [-0.2, 0) is 7.05 Å². The average molecular weight is 294 g/mol. The van der Waals surface area contributed by atoms with Crippen LogP contribution in [0.3, 0.4) is 0 Å². The second kappa shape index (κ2) is 6.13. The van der Waals surface area contributed by atoms with Gasteiger partial charge in [-0.2, -0.15) is 5.10 Å². The Morgan fingerprint density at radius 1 is 1.43 bits per heavy atom. The summed E-state index contributed by atoms with van der Waals surface area (Å²) >= 11 is 0. The van der Waals surface area contributed by atoms with Crippen molar-refractivity contribution >= 4 is 11.7 Å². The Hall–Kier alpha value is -2.09. The first-order valence-electron chi connectivity index (χ1n) is 6.95. The summed E-state index contributed by atoms with van der Waals surface area (Å²) in [6.45, 7) is 6.38. The second-order valence-electron chi connectivity index (χ2n) is 5.32. The van der Waals surface area contributed by atoms with E-state index in [4.69, 9.17) is 10.9 Å². The van der Waals surface area contributed by atoms with E-state index in [1.54, 1.807) is 17.8 Å². The molecular weight excluding hydrogens is 272 g/mol. The van der Waals surface area contributed by atoms with Gasteiger partial charge in [0, 0.05) is 33.2 Å². The van der Waals surface area contributed by atoms with Crippen molar-refractivity contribution in [2.24, 2.45) is 17.9 Å². The van der Waals surface area contributed by atoms with Crippen molar-refractivity contribution in [3.8, 4) is 0 Å². The van der Waals surface area contributed by atoms with Gasteiger partial charge in [-0.15, -0.1) is 0 Å². The minimum absolute atomic E-state index is 0.00537. The lowest BCUT2D eigenvalue weighted by molar-refractivity contribution is 0.0608. The zero-order valence-electron chi connectivity index (χ0n) is 12.7. The van der Waals surface area contributed by atoms with Gasteiger partial charge >= 0.3 is 0 Å². The molecule has 0 radical (unpaired) electrons. The SMILES string of the molecule is Cc1cc(C(=O)N2CCN(C(C)C(N)=NO)CC2)n(C)n1. The van der Waals surface area contributed by atoms with E-state index in [-0.39, 0.29) is 17.8 Å². The van der Waals surface area contributed by atoms with Crippen LogP contribution in [0.4, 0.5) is 0 Å². The molecule has 0 aliphatic carbocycles. The molecule has 0 bridgehead atoms. The highest BCUT2D eigenvalue weighted by atomic mass is 16.4. The Bertz CT molecular complexity index is 545. The number of rotatable bonds is 3. The fourth-order valence-corrected chi connectivity index (χ4v) is 2.56. The third-order valence-electron chi connectivity index (χ3n) is 3.91. The van der Waals surface area contributed by atoms with E-state index in [1.807, 2.05) is 18.7 Å². The Morgan fingerprint density at radius 2 is 2.05 bits per heavy atom. The van der Waals surface area contributed by atoms with Gasteiger partial charge in [-0.25, -0.2) is 0 Å². The minimum atomic E-state index is -0.133. The zero-order valence-corrected chi connectivity index (χ0v) is 12.7. The summed E-state index contributed by atoms with van der Waals surface area (Å²) < 4.78 is 1.61. The van der Waals surface area contributed by atoms with Crippen LogP contribution in [0.25, 0.3) is 0 Å². The molecule has 1 unspecified atom stereocenters. The summed E-state index contributed by atoms with van der Waals surface area (Å²) in [6.07, 6.45) is 0. The number of aromatic nitrogens is 2. The van der Waals surface area contributed by atoms with Crippen LogP contribution in [0, 0.1) is 6.92 Å². The van der Waals surface area contributed by atoms with Crippen LogP contribution in [0.1, 0.15) is 23.1 Å². The lowest BCUT2D eigenvalue weighted by atomic mass is 10.2. The third-order valence-corrected chi connectivity index (χ3v) is 3.91. The van der Waals surface area contributed by atoms with Gasteiger partial charge in [0.2, 0.25) is 0 Å². The van der Waals surface area contributed by atoms with Crippen molar-refractivity contribution in [2.45, 2.75) is 19.9 Å². The van der Waals surface area contributed by atoms with Crippen LogP contribution in [0.5, 0.6) is 0 Å². The number of amides is 1. The molecule has 1 fully saturated rings. The first kappa shape index (κ1) is 15.3. The molecule has 1 aromatic heterocycles. The number of oxime groups is 1. The number of aryl methyl sites for hydroxylation is 2. The second-order valence-corrected chi connectivity index (χ2v) is 5.32. The first-order chi connectivity index (χ1) is 9.93. The fraction of sp³-hybridized carbons (Fsp3) is 0.615. The summed E-state index contributed by atoms with van der Waals surface area (Å²) in [4.78, 5) is 16.4. The van der Waals surface area contributed by atoms with Crippen LogP contribution in [-0.4, -0.2) is 68.8 Å². The standard InChI is InChI=1S/C13H22N6O2/c1-9-8-11(17(3)15-9)13(20)19-6-4-18(5-7-19)10(2)12(14)16-21/h8,10,21H,4-7H2,1-3H3,(H2,14,16). The molecule has 0 saturated carbocycles. The van der Waals surface area contributed by atoms with E-state index in [1.165, 1.54) is 0 Å². The number of nitrogens with two attached hydrogens (primary N) is 1. The number of hydrogen-bond donors (Lipinski definition) is 2. The summed E-state index contributed by atoms with van der Waals surface area (Å²) in [6, 6.07) is 1.67. The van der Waals surface area contributed by atoms with Gasteiger partial charge in [0.15, 0.2) is 5.84 Å². The van der Waals surface area contributed by atoms with Gasteiger partial charge in [-0.3, -0.25) is 14.4 Å². The summed E-state index contributed by atoms with van der Waals surface area (Å²) in [7, 11) is 1.77. The van der Waals surface area contributed by atoms with E-state index in [9.17, 15) is 4.79 Å². The normalized spacial score (nSPS) is 18.8. The first-order valence-corrected chi connectivity index (χ1v) is 6.95. The van der Waals surface area contributed by atoms with Gasteiger partial charge in [0.1, 0.15) is 5.69 Å². The molecule has 3 N–H and O–H groups in total. The van der Waals surface area contributed by atoms with Crippen molar-refractivity contribution in [2.75, 3.05) is 26.2 Å². The molecule has 2 rings (SSSR count). The number of piperazine rings is 1. The predicted molar refractivity (Wildman–Crippen MR) is 78.3 cm³/mol. The zero-order chi connectivity index (χ0) is 15.6. The largest absolute Gasteiger partial charge is 0.409 e. The monoisotopic (exact) mass is 294 g/mol. The van der Waals surface area contributed by atoms with Crippen LogP contribution < -0.4 is 5.73 Å². The highest BCUT2D eigenvalue weighted by Crippen LogP contribution is 2.11. The summed E-state index contributed by atoms with van der Waals surface area (Å²) in [5.41, 5.74) is 7.06. The molecule has 1 aliphatic rings. The number of nitrogens with zero attached hydrogens (tertiary/aromatic N) is 5. The Morgan fingerprint density at radius 3 is 2.52 bits per heavy atom. The van der Waals surface area contributed by atoms with Crippen molar-refractivity contribution in [3.05, 3.63) is 17.5 Å². The predicted octanol–water partition coefficient (Wildman–Crippen LogP) is -0.379. The molecule has 116 valence electrons. The highest BCUT2D eigenvalue weighted by molar-refractivity contribution is 5.92. The van der Waals surface area contributed by atoms with Crippen molar-refractivity contribution in [1.82, 2.24) is 19.6 Å². The lowest BCUT2D eigenvalue weighted by Gasteiger charge is -2.37. The quantitative estimate of drug-likeness (QED) is 0.343. The Balaban J connectivity index is 1.98. The summed E-state index contributed by atoms with van der Waals surface area (Å²) in [5.74, 6) is 0.186. The molecule has 1 amide bonds. The van der Waals surface area contributed by atoms with Crippen LogP contribution in [0.15, 0.2) is 11.2 Å². The maximum Gasteiger partial charge on any atom is 0.272 e. The van der Waals surface area contributed by atoms with Crippen molar-refractivity contribution in [1.29, 1.82) is 0 Å². The third kappa shape index (κ3) is 3.15. The van der Waals surface area contributed by atoms with E-state index in [2.05, 4.69) is 15.2 Å². The van der Waals surface area contributed by atoms with Gasteiger partial charge in [-0.1, -0.05) is 5.16 Å². The average Bonchev–Trinajstić information content (AvgIpc) is 2.83. The van der Waals surface area contributed by atoms with Crippen LogP contribution in [0.2, 0.25) is 0 Å². The molecule has 1 aliphatic heterocycles. The smallest absolute Gasteiger partial charge is 0.272 e. The maximum absolute atomic E-state index is 12.5. The molecule has 21 heavy (non-hydrogen) atoms. The van der Waals surface area contributed by atoms with Gasteiger partial charge in [0.05, 0.1) is 11.7 Å². The van der Waals surface area contributed by atoms with E-state index >= 15 is 0 Å². The Labute approximate surface area is 123 Å². The fourth-order valence-electron chi connectivity index (χ4n) is 2.56. The van der Waals surface area contributed by atoms with Crippen molar-refractivity contribution in [3.63, 3.8) is 0 Å². The van der Waals surface area contributed by atoms with Gasteiger partial charge < -0.3 is 15.8 Å². The molecule has 8 nitrogen and oxygen atoms in total. The molecule has 1 aromatic rings. The number of carbonyl (C=O) groups is 1. The summed E-state index contributed by atoms with van der Waals surface area (Å²) in [5, 5.41) is 16.0. The van der Waals surface area contributed by atoms with E-state index in [0.717, 1.165) is 5.69 Å². The number of amidine groups is 1. The molecule has 1 saturated heterocycles. The number of carbonyl (C=O) groups excluding carboxylic acids is 1. The molecule has 0 spiro atoms. The minimum Gasteiger partial charge on any atom is -0.409 e. The highest BCUT2D eigenvalue weighted by Gasteiger charge is 2.27. The topological polar surface area (TPSA) is 100.0 Å². The van der Waals surface area contributed by atoms with Crippen LogP contribution >= 0.6 is 0 Å². The maximum atomic E-state index is 12.5. The van der Waals surface area contributed by atoms with Crippen molar-refractivity contribution < 1.29 is 10.0 Å².